The third-order valence-corrected chi connectivity index (χ3v) is 2.39. The van der Waals surface area contributed by atoms with Gasteiger partial charge in [-0.3, -0.25) is 14.3 Å². The highest BCUT2D eigenvalue weighted by Gasteiger charge is 2.18. The molecule has 0 aliphatic carbocycles. The van der Waals surface area contributed by atoms with Crippen molar-refractivity contribution < 1.29 is 9.59 Å². The quantitative estimate of drug-likeness (QED) is 0.752. The molecule has 1 N–H and O–H groups in total. The highest BCUT2D eigenvalue weighted by Crippen LogP contribution is 2.17. The smallest absolute Gasteiger partial charge is 0.222 e. The Kier molecular flexibility index (Phi) is 2.53. The van der Waals surface area contributed by atoms with Gasteiger partial charge >= 0.3 is 0 Å². The molecule has 0 spiro atoms. The molecule has 0 unspecified atom stereocenters. The summed E-state index contributed by atoms with van der Waals surface area (Å²) in [5.41, 5.74) is 0.608. The molecule has 0 saturated carbocycles. The standard InChI is InChI=1S/C10H13N3O2/c1-7(14)11-10-6-8-9(15)4-2-3-5-13(8)12-10/h6H,2-5H2,1H3,(H,11,12,14). The van der Waals surface area contributed by atoms with Gasteiger partial charge in [-0.15, -0.1) is 0 Å². The first-order valence-electron chi connectivity index (χ1n) is 5.05. The molecule has 2 heterocycles. The number of carbonyl (C=O) groups is 2. The summed E-state index contributed by atoms with van der Waals surface area (Å²) in [7, 11) is 0. The number of hydrogen-bond acceptors (Lipinski definition) is 3. The summed E-state index contributed by atoms with van der Waals surface area (Å²) in [5.74, 6) is 0.403. The van der Waals surface area contributed by atoms with E-state index in [1.54, 1.807) is 10.7 Å². The number of rotatable bonds is 1. The van der Waals surface area contributed by atoms with Gasteiger partial charge in [-0.1, -0.05) is 0 Å². The largest absolute Gasteiger partial charge is 0.309 e. The van der Waals surface area contributed by atoms with Crippen molar-refractivity contribution in [2.75, 3.05) is 5.32 Å². The van der Waals surface area contributed by atoms with Gasteiger partial charge in [0.2, 0.25) is 5.91 Å². The van der Waals surface area contributed by atoms with E-state index >= 15 is 0 Å². The third kappa shape index (κ3) is 2.06. The topological polar surface area (TPSA) is 64.0 Å². The highest BCUT2D eigenvalue weighted by atomic mass is 16.1. The van der Waals surface area contributed by atoms with E-state index in [0.29, 0.717) is 17.9 Å². The number of nitrogens with zero attached hydrogens (tertiary/aromatic N) is 2. The lowest BCUT2D eigenvalue weighted by Crippen LogP contribution is -2.08. The Morgan fingerprint density at radius 1 is 1.53 bits per heavy atom. The molecule has 0 atom stereocenters. The second-order valence-corrected chi connectivity index (χ2v) is 3.70. The number of hydrogen-bond donors (Lipinski definition) is 1. The summed E-state index contributed by atoms with van der Waals surface area (Å²) in [4.78, 5) is 22.5. The van der Waals surface area contributed by atoms with Gasteiger partial charge in [-0.2, -0.15) is 5.10 Å². The van der Waals surface area contributed by atoms with Gasteiger partial charge < -0.3 is 5.32 Å². The molecule has 1 aromatic heterocycles. The number of nitrogens with one attached hydrogen (secondary N) is 1. The van der Waals surface area contributed by atoms with Crippen LogP contribution in [0.3, 0.4) is 0 Å². The van der Waals surface area contributed by atoms with Crippen LogP contribution in [0.25, 0.3) is 0 Å². The van der Waals surface area contributed by atoms with Gasteiger partial charge in [0, 0.05) is 26.0 Å². The van der Waals surface area contributed by atoms with Crippen LogP contribution >= 0.6 is 0 Å². The van der Waals surface area contributed by atoms with Crippen molar-refractivity contribution >= 4 is 17.5 Å². The van der Waals surface area contributed by atoms with Gasteiger partial charge in [0.1, 0.15) is 5.69 Å². The summed E-state index contributed by atoms with van der Waals surface area (Å²) >= 11 is 0. The van der Waals surface area contributed by atoms with Crippen molar-refractivity contribution in [1.82, 2.24) is 9.78 Å². The molecule has 0 fully saturated rings. The van der Waals surface area contributed by atoms with Crippen molar-refractivity contribution in [2.45, 2.75) is 32.7 Å². The molecule has 15 heavy (non-hydrogen) atoms. The normalized spacial score (nSPS) is 15.7. The molecule has 0 aromatic carbocycles. The van der Waals surface area contributed by atoms with E-state index in [1.165, 1.54) is 6.92 Å². The molecule has 5 nitrogen and oxygen atoms in total. The molecule has 2 rings (SSSR count). The lowest BCUT2D eigenvalue weighted by molar-refractivity contribution is -0.114. The van der Waals surface area contributed by atoms with E-state index in [9.17, 15) is 9.59 Å². The van der Waals surface area contributed by atoms with Crippen molar-refractivity contribution in [3.05, 3.63) is 11.8 Å². The van der Waals surface area contributed by atoms with E-state index < -0.39 is 0 Å². The Hall–Kier alpha value is -1.65. The molecule has 1 aliphatic rings. The van der Waals surface area contributed by atoms with E-state index in [0.717, 1.165) is 19.4 Å². The summed E-state index contributed by atoms with van der Waals surface area (Å²) in [6.07, 6.45) is 2.45. The number of amides is 1. The Bertz CT molecular complexity index is 409. The lowest BCUT2D eigenvalue weighted by atomic mass is 10.1. The molecular formula is C10H13N3O2. The zero-order chi connectivity index (χ0) is 10.8. The third-order valence-electron chi connectivity index (χ3n) is 2.39. The fourth-order valence-corrected chi connectivity index (χ4v) is 1.73. The van der Waals surface area contributed by atoms with Crippen LogP contribution in [0.15, 0.2) is 6.07 Å². The molecular weight excluding hydrogens is 194 g/mol. The summed E-state index contributed by atoms with van der Waals surface area (Å²) in [6.45, 7) is 2.17. The van der Waals surface area contributed by atoms with Crippen molar-refractivity contribution in [3.63, 3.8) is 0 Å². The van der Waals surface area contributed by atoms with Crippen molar-refractivity contribution in [2.24, 2.45) is 0 Å². The first-order chi connectivity index (χ1) is 7.16. The molecule has 0 radical (unpaired) electrons. The van der Waals surface area contributed by atoms with Crippen LogP contribution in [0, 0.1) is 0 Å². The first-order valence-corrected chi connectivity index (χ1v) is 5.05. The second-order valence-electron chi connectivity index (χ2n) is 3.70. The van der Waals surface area contributed by atoms with Gasteiger partial charge in [-0.25, -0.2) is 0 Å². The number of ketones is 1. The number of aromatic nitrogens is 2. The van der Waals surface area contributed by atoms with E-state index in [2.05, 4.69) is 10.4 Å². The Labute approximate surface area is 87.5 Å². The predicted molar refractivity (Wildman–Crippen MR) is 54.7 cm³/mol. The molecule has 0 bridgehead atoms. The Balaban J connectivity index is 2.29. The molecule has 1 aliphatic heterocycles. The molecule has 5 heteroatoms. The van der Waals surface area contributed by atoms with E-state index in [4.69, 9.17) is 0 Å². The fourth-order valence-electron chi connectivity index (χ4n) is 1.73. The zero-order valence-electron chi connectivity index (χ0n) is 8.62. The second kappa shape index (κ2) is 3.84. The average Bonchev–Trinajstić information content (AvgIpc) is 2.47. The number of fused-ring (bicyclic) bond motifs is 1. The van der Waals surface area contributed by atoms with Crippen LogP contribution in [-0.4, -0.2) is 21.5 Å². The van der Waals surface area contributed by atoms with Crippen LogP contribution in [0.5, 0.6) is 0 Å². The minimum absolute atomic E-state index is 0.108. The molecule has 1 aromatic rings. The number of aryl methyl sites for hydroxylation is 1. The SMILES string of the molecule is CC(=O)Nc1cc2n(n1)CCCCC2=O. The predicted octanol–water partition coefficient (Wildman–Crippen LogP) is 1.21. The van der Waals surface area contributed by atoms with E-state index in [1.807, 2.05) is 0 Å². The average molecular weight is 207 g/mol. The van der Waals surface area contributed by atoms with Crippen LogP contribution in [0.1, 0.15) is 36.7 Å². The Morgan fingerprint density at radius 2 is 2.33 bits per heavy atom. The van der Waals surface area contributed by atoms with Crippen molar-refractivity contribution in [3.8, 4) is 0 Å². The van der Waals surface area contributed by atoms with Gasteiger partial charge in [0.05, 0.1) is 0 Å². The van der Waals surface area contributed by atoms with Gasteiger partial charge in [-0.05, 0) is 12.8 Å². The zero-order valence-corrected chi connectivity index (χ0v) is 8.62. The Morgan fingerprint density at radius 3 is 3.07 bits per heavy atom. The fraction of sp³-hybridized carbons (Fsp3) is 0.500. The lowest BCUT2D eigenvalue weighted by Gasteiger charge is -1.98. The van der Waals surface area contributed by atoms with Crippen LogP contribution in [-0.2, 0) is 11.3 Å². The summed E-state index contributed by atoms with van der Waals surface area (Å²) in [6, 6.07) is 1.65. The van der Waals surface area contributed by atoms with Crippen LogP contribution < -0.4 is 5.32 Å². The summed E-state index contributed by atoms with van der Waals surface area (Å²) in [5, 5.41) is 6.75. The van der Waals surface area contributed by atoms with E-state index in [-0.39, 0.29) is 11.7 Å². The number of Topliss-reactive ketones (excluding diaryl/α,β-unsaturated/α-hetero) is 1. The van der Waals surface area contributed by atoms with Gasteiger partial charge in [0.25, 0.3) is 0 Å². The maximum absolute atomic E-state index is 11.6. The van der Waals surface area contributed by atoms with Gasteiger partial charge in [0.15, 0.2) is 11.6 Å². The molecule has 1 amide bonds. The minimum atomic E-state index is -0.171. The monoisotopic (exact) mass is 207 g/mol. The van der Waals surface area contributed by atoms with Crippen LogP contribution in [0.2, 0.25) is 0 Å². The number of carbonyl (C=O) groups excluding carboxylic acids is 2. The summed E-state index contributed by atoms with van der Waals surface area (Å²) < 4.78 is 1.68. The molecule has 80 valence electrons. The minimum Gasteiger partial charge on any atom is -0.309 e. The first kappa shape index (κ1) is 9.89. The van der Waals surface area contributed by atoms with Crippen LogP contribution in [0.4, 0.5) is 5.82 Å². The molecule has 0 saturated heterocycles. The number of anilines is 1. The van der Waals surface area contributed by atoms with Crippen molar-refractivity contribution in [1.29, 1.82) is 0 Å². The highest BCUT2D eigenvalue weighted by molar-refractivity contribution is 5.96. The maximum Gasteiger partial charge on any atom is 0.222 e. The maximum atomic E-state index is 11.6.